The Morgan fingerprint density at radius 2 is 2.08 bits per heavy atom. The van der Waals surface area contributed by atoms with E-state index in [-0.39, 0.29) is 17.2 Å². The van der Waals surface area contributed by atoms with Crippen molar-refractivity contribution in [3.8, 4) is 0 Å². The lowest BCUT2D eigenvalue weighted by atomic mass is 9.72. The minimum atomic E-state index is -0.225. The number of aromatic nitrogens is 1. The Balaban J connectivity index is 1.93. The van der Waals surface area contributed by atoms with Crippen molar-refractivity contribution in [2.75, 3.05) is 0 Å². The van der Waals surface area contributed by atoms with Crippen molar-refractivity contribution in [1.82, 2.24) is 10.4 Å². The van der Waals surface area contributed by atoms with Crippen molar-refractivity contribution in [1.29, 1.82) is 0 Å². The molecule has 1 aromatic heterocycles. The number of amides is 1. The summed E-state index contributed by atoms with van der Waals surface area (Å²) in [6, 6.07) is 3.32. The number of hydrogen-bond acceptors (Lipinski definition) is 3. The fourth-order valence-corrected chi connectivity index (χ4v) is 3.09. The topological polar surface area (TPSA) is 54.4 Å². The zero-order valence-corrected chi connectivity index (χ0v) is 15.0. The van der Waals surface area contributed by atoms with Gasteiger partial charge in [0.1, 0.15) is 0 Å². The Hall–Kier alpha value is -2.23. The Bertz CT molecular complexity index is 657. The lowest BCUT2D eigenvalue weighted by Crippen LogP contribution is -2.19. The van der Waals surface area contributed by atoms with Gasteiger partial charge in [0.15, 0.2) is 0 Å². The molecule has 0 saturated carbocycles. The van der Waals surface area contributed by atoms with Crippen LogP contribution >= 0.6 is 0 Å². The van der Waals surface area contributed by atoms with E-state index in [2.05, 4.69) is 55.4 Å². The molecule has 0 aromatic carbocycles. The maximum absolute atomic E-state index is 11.9. The molecule has 0 spiro atoms. The van der Waals surface area contributed by atoms with Crippen LogP contribution in [0.2, 0.25) is 0 Å². The lowest BCUT2D eigenvalue weighted by Gasteiger charge is -2.33. The molecule has 1 atom stereocenters. The molecular weight excluding hydrogens is 298 g/mol. The molecule has 1 heterocycles. The second-order valence-electron chi connectivity index (χ2n) is 7.10. The van der Waals surface area contributed by atoms with E-state index in [9.17, 15) is 4.79 Å². The van der Waals surface area contributed by atoms with Crippen LogP contribution in [0.5, 0.6) is 0 Å². The molecule has 1 N–H and O–H groups in total. The van der Waals surface area contributed by atoms with Crippen LogP contribution in [0.1, 0.15) is 57.3 Å². The normalized spacial score (nSPS) is 19.0. The highest BCUT2D eigenvalue weighted by atomic mass is 16.2. The highest BCUT2D eigenvalue weighted by Crippen LogP contribution is 2.40. The summed E-state index contributed by atoms with van der Waals surface area (Å²) in [6.45, 7) is 8.91. The molecule has 128 valence electrons. The van der Waals surface area contributed by atoms with Crippen LogP contribution in [0.3, 0.4) is 0 Å². The van der Waals surface area contributed by atoms with Crippen molar-refractivity contribution in [3.63, 3.8) is 0 Å². The van der Waals surface area contributed by atoms with Gasteiger partial charge in [-0.15, -0.1) is 0 Å². The molecule has 0 bridgehead atoms. The van der Waals surface area contributed by atoms with Crippen LogP contribution in [-0.4, -0.2) is 17.1 Å². The highest BCUT2D eigenvalue weighted by molar-refractivity contribution is 5.94. The molecule has 4 heteroatoms. The Labute approximate surface area is 144 Å². The van der Waals surface area contributed by atoms with Crippen LogP contribution in [0, 0.1) is 11.3 Å². The lowest BCUT2D eigenvalue weighted by molar-refractivity contribution is 0.0955. The summed E-state index contributed by atoms with van der Waals surface area (Å²) >= 11 is 0. The summed E-state index contributed by atoms with van der Waals surface area (Å²) in [5.41, 5.74) is 6.27. The van der Waals surface area contributed by atoms with E-state index in [4.69, 9.17) is 0 Å². The van der Waals surface area contributed by atoms with Crippen molar-refractivity contribution >= 4 is 12.1 Å². The minimum Gasteiger partial charge on any atom is -0.267 e. The van der Waals surface area contributed by atoms with Crippen molar-refractivity contribution in [3.05, 3.63) is 53.4 Å². The van der Waals surface area contributed by atoms with Crippen molar-refractivity contribution in [2.24, 2.45) is 16.4 Å². The number of nitrogens with one attached hydrogen (secondary N) is 1. The van der Waals surface area contributed by atoms with Gasteiger partial charge in [-0.1, -0.05) is 38.5 Å². The Kier molecular flexibility index (Phi) is 6.07. The zero-order valence-electron chi connectivity index (χ0n) is 15.0. The predicted molar refractivity (Wildman–Crippen MR) is 98.8 cm³/mol. The first-order valence-corrected chi connectivity index (χ1v) is 8.52. The average molecular weight is 325 g/mol. The van der Waals surface area contributed by atoms with Gasteiger partial charge in [0.05, 0.1) is 0 Å². The third-order valence-electron chi connectivity index (χ3n) is 4.53. The third-order valence-corrected chi connectivity index (χ3v) is 4.53. The summed E-state index contributed by atoms with van der Waals surface area (Å²) in [6.07, 6.45) is 13.0. The monoisotopic (exact) mass is 325 g/mol. The van der Waals surface area contributed by atoms with Crippen molar-refractivity contribution in [2.45, 2.75) is 47.0 Å². The SMILES string of the molecule is CC1=C(/C=C/[C@H](C)/C=N/NC(=O)c2ccncc2)C(C)(C)CCC1. The Morgan fingerprint density at radius 3 is 2.75 bits per heavy atom. The van der Waals surface area contributed by atoms with Crippen LogP contribution in [-0.2, 0) is 0 Å². The first-order valence-electron chi connectivity index (χ1n) is 8.52. The summed E-state index contributed by atoms with van der Waals surface area (Å²) in [4.78, 5) is 15.8. The molecule has 2 rings (SSSR count). The van der Waals surface area contributed by atoms with Gasteiger partial charge in [0.25, 0.3) is 5.91 Å². The van der Waals surface area contributed by atoms with Gasteiger partial charge in [-0.25, -0.2) is 5.43 Å². The number of hydrazone groups is 1. The molecule has 0 radical (unpaired) electrons. The van der Waals surface area contributed by atoms with E-state index in [0.717, 1.165) is 0 Å². The Morgan fingerprint density at radius 1 is 1.38 bits per heavy atom. The van der Waals surface area contributed by atoms with E-state index < -0.39 is 0 Å². The van der Waals surface area contributed by atoms with Crippen LogP contribution < -0.4 is 5.43 Å². The largest absolute Gasteiger partial charge is 0.271 e. The van der Waals surface area contributed by atoms with Gasteiger partial charge < -0.3 is 0 Å². The average Bonchev–Trinajstić information content (AvgIpc) is 2.54. The maximum atomic E-state index is 11.9. The fraction of sp³-hybridized carbons (Fsp3) is 0.450. The van der Waals surface area contributed by atoms with Gasteiger partial charge >= 0.3 is 0 Å². The van der Waals surface area contributed by atoms with E-state index in [1.54, 1.807) is 30.7 Å². The van der Waals surface area contributed by atoms with Gasteiger partial charge in [0.2, 0.25) is 0 Å². The smallest absolute Gasteiger partial charge is 0.267 e. The summed E-state index contributed by atoms with van der Waals surface area (Å²) in [7, 11) is 0. The standard InChI is InChI=1S/C20H27N3O/c1-15(7-8-18-16(2)6-5-11-20(18,3)4)14-22-23-19(24)17-9-12-21-13-10-17/h7-10,12-15H,5-6,11H2,1-4H3,(H,23,24)/b8-7+,22-14+/t15-/m0/s1. The molecule has 24 heavy (non-hydrogen) atoms. The number of carbonyl (C=O) groups excluding carboxylic acids is 1. The second-order valence-corrected chi connectivity index (χ2v) is 7.10. The van der Waals surface area contributed by atoms with Gasteiger partial charge in [-0.3, -0.25) is 9.78 Å². The molecule has 0 fully saturated rings. The molecular formula is C20H27N3O. The highest BCUT2D eigenvalue weighted by Gasteiger charge is 2.26. The first kappa shape index (κ1) is 18.1. The van der Waals surface area contributed by atoms with Crippen LogP contribution in [0.15, 0.2) is 52.9 Å². The van der Waals surface area contributed by atoms with Crippen molar-refractivity contribution < 1.29 is 4.79 Å². The van der Waals surface area contributed by atoms with E-state index in [1.807, 2.05) is 0 Å². The van der Waals surface area contributed by atoms with Crippen LogP contribution in [0.4, 0.5) is 0 Å². The molecule has 1 amide bonds. The van der Waals surface area contributed by atoms with E-state index in [0.29, 0.717) is 5.56 Å². The number of hydrogen-bond donors (Lipinski definition) is 1. The zero-order chi connectivity index (χ0) is 17.6. The molecule has 0 saturated heterocycles. The molecule has 1 aliphatic rings. The molecule has 0 aliphatic heterocycles. The second kappa shape index (κ2) is 8.04. The quantitative estimate of drug-likeness (QED) is 0.639. The number of carbonyl (C=O) groups is 1. The van der Waals surface area contributed by atoms with Crippen LogP contribution in [0.25, 0.3) is 0 Å². The molecule has 0 unspecified atom stereocenters. The minimum absolute atomic E-state index is 0.153. The van der Waals surface area contributed by atoms with Gasteiger partial charge in [-0.2, -0.15) is 5.10 Å². The molecule has 1 aromatic rings. The number of allylic oxidation sites excluding steroid dienone is 4. The van der Waals surface area contributed by atoms with E-state index >= 15 is 0 Å². The predicted octanol–water partition coefficient (Wildman–Crippen LogP) is 4.52. The summed E-state index contributed by atoms with van der Waals surface area (Å²) in [5.74, 6) is -0.0717. The molecule has 4 nitrogen and oxygen atoms in total. The maximum Gasteiger partial charge on any atom is 0.271 e. The summed E-state index contributed by atoms with van der Waals surface area (Å²) in [5, 5.41) is 4.05. The first-order chi connectivity index (χ1) is 11.4. The number of rotatable bonds is 5. The number of nitrogens with zero attached hydrogens (tertiary/aromatic N) is 2. The summed E-state index contributed by atoms with van der Waals surface area (Å²) < 4.78 is 0. The number of pyridine rings is 1. The third kappa shape index (κ3) is 4.88. The fourth-order valence-electron chi connectivity index (χ4n) is 3.09. The van der Waals surface area contributed by atoms with Gasteiger partial charge in [-0.05, 0) is 49.3 Å². The van der Waals surface area contributed by atoms with Gasteiger partial charge in [0, 0.05) is 30.1 Å². The van der Waals surface area contributed by atoms with E-state index in [1.165, 1.54) is 30.4 Å². The molecule has 1 aliphatic carbocycles.